The Bertz CT molecular complexity index is 959. The first-order chi connectivity index (χ1) is 12.6. The van der Waals surface area contributed by atoms with Gasteiger partial charge in [-0.2, -0.15) is 0 Å². The van der Waals surface area contributed by atoms with Gasteiger partial charge in [-0.1, -0.05) is 12.1 Å². The number of aromatic nitrogens is 2. The van der Waals surface area contributed by atoms with Crippen LogP contribution in [0.25, 0.3) is 10.9 Å². The quantitative estimate of drug-likeness (QED) is 0.759. The summed E-state index contributed by atoms with van der Waals surface area (Å²) < 4.78 is 0. The van der Waals surface area contributed by atoms with Crippen LogP contribution in [0.5, 0.6) is 5.75 Å². The molecule has 6 heteroatoms. The van der Waals surface area contributed by atoms with Crippen LogP contribution >= 0.6 is 0 Å². The van der Waals surface area contributed by atoms with Gasteiger partial charge in [-0.05, 0) is 43.3 Å². The Balaban J connectivity index is 1.49. The first kappa shape index (κ1) is 16.6. The van der Waals surface area contributed by atoms with Gasteiger partial charge >= 0.3 is 0 Å². The molecule has 3 aromatic rings. The monoisotopic (exact) mass is 350 g/mol. The summed E-state index contributed by atoms with van der Waals surface area (Å²) in [7, 11) is 0. The van der Waals surface area contributed by atoms with Crippen LogP contribution in [0.1, 0.15) is 18.8 Å². The molecular formula is C20H22N4O2. The second kappa shape index (κ2) is 6.80. The van der Waals surface area contributed by atoms with Gasteiger partial charge in [0.05, 0.1) is 16.9 Å². The minimum atomic E-state index is -0.0832. The van der Waals surface area contributed by atoms with Gasteiger partial charge < -0.3 is 15.0 Å². The first-order valence-electron chi connectivity index (χ1n) is 8.89. The number of anilines is 1. The molecule has 1 saturated heterocycles. The van der Waals surface area contributed by atoms with Crippen LogP contribution in [0.3, 0.4) is 0 Å². The van der Waals surface area contributed by atoms with Crippen molar-refractivity contribution < 1.29 is 5.11 Å². The van der Waals surface area contributed by atoms with Crippen molar-refractivity contribution >= 4 is 16.6 Å². The normalized spacial score (nSPS) is 16.7. The predicted molar refractivity (Wildman–Crippen MR) is 103 cm³/mol. The number of phenolic OH excluding ortho intramolecular Hbond substituents is 1. The van der Waals surface area contributed by atoms with Crippen molar-refractivity contribution in [2.75, 3.05) is 31.1 Å². The summed E-state index contributed by atoms with van der Waals surface area (Å²) in [5, 5.41) is 10.1. The number of hydrogen-bond acceptors (Lipinski definition) is 5. The van der Waals surface area contributed by atoms with E-state index in [-0.39, 0.29) is 17.4 Å². The van der Waals surface area contributed by atoms with E-state index in [1.807, 2.05) is 30.3 Å². The molecule has 0 unspecified atom stereocenters. The SMILES string of the molecule is C[C@@H](c1nc2ccccc2c(=O)[nH]1)N1CCN(c2ccc(O)cc2)CC1. The van der Waals surface area contributed by atoms with Crippen LogP contribution in [0.4, 0.5) is 5.69 Å². The standard InChI is InChI=1S/C20H22N4O2/c1-14(19-21-18-5-3-2-4-17(18)20(26)22-19)23-10-12-24(13-11-23)15-6-8-16(25)9-7-15/h2-9,14,25H,10-13H2,1H3,(H,21,22,26)/t14-/m0/s1. The van der Waals surface area contributed by atoms with E-state index >= 15 is 0 Å². The van der Waals surface area contributed by atoms with Crippen LogP contribution in [-0.4, -0.2) is 46.2 Å². The molecular weight excluding hydrogens is 328 g/mol. The second-order valence-electron chi connectivity index (χ2n) is 6.68. The summed E-state index contributed by atoms with van der Waals surface area (Å²) in [5.41, 5.74) is 1.77. The fourth-order valence-electron chi connectivity index (χ4n) is 3.51. The van der Waals surface area contributed by atoms with E-state index in [1.165, 1.54) is 0 Å². The van der Waals surface area contributed by atoms with Gasteiger partial charge in [0.25, 0.3) is 5.56 Å². The molecule has 0 spiro atoms. The summed E-state index contributed by atoms with van der Waals surface area (Å²) >= 11 is 0. The number of nitrogens with zero attached hydrogens (tertiary/aromatic N) is 3. The fraction of sp³-hybridized carbons (Fsp3) is 0.300. The molecule has 26 heavy (non-hydrogen) atoms. The summed E-state index contributed by atoms with van der Waals surface area (Å²) in [5.74, 6) is 0.999. The van der Waals surface area contributed by atoms with Gasteiger partial charge in [-0.15, -0.1) is 0 Å². The van der Waals surface area contributed by atoms with E-state index in [0.717, 1.165) is 37.4 Å². The van der Waals surface area contributed by atoms with E-state index < -0.39 is 0 Å². The molecule has 0 radical (unpaired) electrons. The highest BCUT2D eigenvalue weighted by Gasteiger charge is 2.24. The molecule has 6 nitrogen and oxygen atoms in total. The molecule has 1 aliphatic heterocycles. The zero-order valence-corrected chi connectivity index (χ0v) is 14.7. The van der Waals surface area contributed by atoms with Crippen molar-refractivity contribution in [1.29, 1.82) is 0 Å². The molecule has 2 N–H and O–H groups in total. The van der Waals surface area contributed by atoms with Crippen molar-refractivity contribution in [3.05, 3.63) is 64.7 Å². The molecule has 2 heterocycles. The van der Waals surface area contributed by atoms with Crippen molar-refractivity contribution in [1.82, 2.24) is 14.9 Å². The van der Waals surface area contributed by atoms with Gasteiger partial charge in [-0.25, -0.2) is 4.98 Å². The van der Waals surface area contributed by atoms with E-state index in [1.54, 1.807) is 18.2 Å². The first-order valence-corrected chi connectivity index (χ1v) is 8.89. The van der Waals surface area contributed by atoms with Crippen LogP contribution in [0.15, 0.2) is 53.3 Å². The minimum absolute atomic E-state index is 0.0503. The molecule has 2 aromatic carbocycles. The third-order valence-corrected chi connectivity index (χ3v) is 5.10. The van der Waals surface area contributed by atoms with Crippen LogP contribution in [0.2, 0.25) is 0 Å². The van der Waals surface area contributed by atoms with Gasteiger partial charge in [0.2, 0.25) is 0 Å². The minimum Gasteiger partial charge on any atom is -0.508 e. The largest absolute Gasteiger partial charge is 0.508 e. The lowest BCUT2D eigenvalue weighted by Crippen LogP contribution is -2.47. The maximum atomic E-state index is 12.3. The number of nitrogens with one attached hydrogen (secondary N) is 1. The van der Waals surface area contributed by atoms with Gasteiger partial charge in [0, 0.05) is 31.9 Å². The highest BCUT2D eigenvalue weighted by atomic mass is 16.3. The van der Waals surface area contributed by atoms with Crippen LogP contribution in [0, 0.1) is 0 Å². The third-order valence-electron chi connectivity index (χ3n) is 5.10. The Morgan fingerprint density at radius 3 is 2.46 bits per heavy atom. The average molecular weight is 350 g/mol. The lowest BCUT2D eigenvalue weighted by Gasteiger charge is -2.38. The lowest BCUT2D eigenvalue weighted by atomic mass is 10.2. The van der Waals surface area contributed by atoms with Crippen molar-refractivity contribution in [3.63, 3.8) is 0 Å². The Hall–Kier alpha value is -2.86. The number of aromatic hydroxyl groups is 1. The highest BCUT2D eigenvalue weighted by Crippen LogP contribution is 2.23. The number of benzene rings is 2. The second-order valence-corrected chi connectivity index (χ2v) is 6.68. The van der Waals surface area contributed by atoms with Crippen molar-refractivity contribution in [3.8, 4) is 5.75 Å². The summed E-state index contributed by atoms with van der Waals surface area (Å²) in [6, 6.07) is 14.8. The number of H-pyrrole nitrogens is 1. The summed E-state index contributed by atoms with van der Waals surface area (Å²) in [6.45, 7) is 5.65. The zero-order chi connectivity index (χ0) is 18.1. The molecule has 0 saturated carbocycles. The zero-order valence-electron chi connectivity index (χ0n) is 14.7. The number of rotatable bonds is 3. The fourth-order valence-corrected chi connectivity index (χ4v) is 3.51. The third kappa shape index (κ3) is 3.15. The smallest absolute Gasteiger partial charge is 0.258 e. The maximum absolute atomic E-state index is 12.3. The number of piperazine rings is 1. The van der Waals surface area contributed by atoms with E-state index in [4.69, 9.17) is 0 Å². The topological polar surface area (TPSA) is 72.5 Å². The van der Waals surface area contributed by atoms with E-state index in [9.17, 15) is 9.90 Å². The molecule has 1 fully saturated rings. The molecule has 1 aliphatic rings. The molecule has 0 aliphatic carbocycles. The highest BCUT2D eigenvalue weighted by molar-refractivity contribution is 5.77. The summed E-state index contributed by atoms with van der Waals surface area (Å²) in [6.07, 6.45) is 0. The number of fused-ring (bicyclic) bond motifs is 1. The number of aromatic amines is 1. The molecule has 1 atom stereocenters. The number of phenols is 1. The maximum Gasteiger partial charge on any atom is 0.258 e. The number of hydrogen-bond donors (Lipinski definition) is 2. The van der Waals surface area contributed by atoms with Crippen molar-refractivity contribution in [2.24, 2.45) is 0 Å². The van der Waals surface area contributed by atoms with Gasteiger partial charge in [-0.3, -0.25) is 9.69 Å². The predicted octanol–water partition coefficient (Wildman–Crippen LogP) is 2.51. The molecule has 4 rings (SSSR count). The Labute approximate surface area is 151 Å². The van der Waals surface area contributed by atoms with Crippen LogP contribution < -0.4 is 10.5 Å². The van der Waals surface area contributed by atoms with Gasteiger partial charge in [0.1, 0.15) is 11.6 Å². The number of para-hydroxylation sites is 1. The molecule has 0 amide bonds. The van der Waals surface area contributed by atoms with E-state index in [2.05, 4.69) is 26.7 Å². The molecule has 1 aromatic heterocycles. The Kier molecular flexibility index (Phi) is 4.34. The average Bonchev–Trinajstić information content (AvgIpc) is 2.68. The Morgan fingerprint density at radius 1 is 1.04 bits per heavy atom. The molecule has 134 valence electrons. The van der Waals surface area contributed by atoms with Crippen molar-refractivity contribution in [2.45, 2.75) is 13.0 Å². The Morgan fingerprint density at radius 2 is 1.73 bits per heavy atom. The lowest BCUT2D eigenvalue weighted by molar-refractivity contribution is 0.192. The van der Waals surface area contributed by atoms with E-state index in [0.29, 0.717) is 11.2 Å². The summed E-state index contributed by atoms with van der Waals surface area (Å²) in [4.78, 5) is 24.6. The van der Waals surface area contributed by atoms with Crippen LogP contribution in [-0.2, 0) is 0 Å². The molecule has 0 bridgehead atoms. The van der Waals surface area contributed by atoms with Gasteiger partial charge in [0.15, 0.2) is 0 Å².